The molecule has 100 valence electrons. The lowest BCUT2D eigenvalue weighted by Gasteiger charge is -2.09. The number of carbonyl (C=O) groups excluding carboxylic acids is 2. The van der Waals surface area contributed by atoms with Crippen LogP contribution in [0.1, 0.15) is 27.0 Å². The Morgan fingerprint density at radius 3 is 2.80 bits per heavy atom. The third-order valence-electron chi connectivity index (χ3n) is 3.52. The number of rotatable bonds is 2. The molecule has 20 heavy (non-hydrogen) atoms. The van der Waals surface area contributed by atoms with Crippen LogP contribution in [0.2, 0.25) is 0 Å². The Balaban J connectivity index is 2.04. The van der Waals surface area contributed by atoms with Crippen LogP contribution in [0.3, 0.4) is 0 Å². The molecule has 0 atom stereocenters. The molecule has 0 unspecified atom stereocenters. The Kier molecular flexibility index (Phi) is 2.79. The maximum atomic E-state index is 12.6. The van der Waals surface area contributed by atoms with Gasteiger partial charge in [-0.05, 0) is 42.3 Å². The first-order valence-electron chi connectivity index (χ1n) is 6.39. The summed E-state index contributed by atoms with van der Waals surface area (Å²) < 4.78 is 0. The fourth-order valence-electron chi connectivity index (χ4n) is 2.52. The van der Waals surface area contributed by atoms with E-state index < -0.39 is 0 Å². The molecule has 0 radical (unpaired) electrons. The molecule has 1 aliphatic rings. The van der Waals surface area contributed by atoms with Crippen molar-refractivity contribution in [3.05, 3.63) is 58.7 Å². The minimum absolute atomic E-state index is 0.0417. The van der Waals surface area contributed by atoms with E-state index in [1.807, 2.05) is 19.1 Å². The fourth-order valence-corrected chi connectivity index (χ4v) is 2.52. The lowest BCUT2D eigenvalue weighted by Crippen LogP contribution is -2.08. The van der Waals surface area contributed by atoms with Crippen LogP contribution in [0.4, 0.5) is 11.4 Å². The second-order valence-electron chi connectivity index (χ2n) is 4.97. The first kappa shape index (κ1) is 12.4. The number of carbonyl (C=O) groups is 2. The predicted molar refractivity (Wildman–Crippen MR) is 77.8 cm³/mol. The van der Waals surface area contributed by atoms with E-state index in [1.165, 1.54) is 0 Å². The maximum absolute atomic E-state index is 12.6. The van der Waals surface area contributed by atoms with E-state index >= 15 is 0 Å². The topological polar surface area (TPSA) is 72.2 Å². The van der Waals surface area contributed by atoms with Gasteiger partial charge in [-0.3, -0.25) is 9.59 Å². The lowest BCUT2D eigenvalue weighted by molar-refractivity contribution is -0.115. The van der Waals surface area contributed by atoms with Crippen LogP contribution in [0.5, 0.6) is 0 Å². The molecule has 0 bridgehead atoms. The van der Waals surface area contributed by atoms with Crippen LogP contribution in [-0.2, 0) is 11.2 Å². The van der Waals surface area contributed by atoms with Crippen molar-refractivity contribution in [1.29, 1.82) is 0 Å². The summed E-state index contributed by atoms with van der Waals surface area (Å²) in [6.07, 6.45) is 0.319. The predicted octanol–water partition coefficient (Wildman–Crippen LogP) is 2.30. The molecule has 1 aliphatic heterocycles. The number of nitrogens with one attached hydrogen (secondary N) is 1. The molecule has 2 aromatic rings. The van der Waals surface area contributed by atoms with Crippen LogP contribution < -0.4 is 11.1 Å². The van der Waals surface area contributed by atoms with Gasteiger partial charge in [0.15, 0.2) is 5.78 Å². The minimum atomic E-state index is -0.109. The number of nitrogens with two attached hydrogens (primary N) is 1. The van der Waals surface area contributed by atoms with Gasteiger partial charge in [-0.25, -0.2) is 0 Å². The monoisotopic (exact) mass is 266 g/mol. The highest BCUT2D eigenvalue weighted by Gasteiger charge is 2.21. The second kappa shape index (κ2) is 4.49. The average Bonchev–Trinajstić information content (AvgIpc) is 2.77. The smallest absolute Gasteiger partial charge is 0.228 e. The van der Waals surface area contributed by atoms with E-state index in [-0.39, 0.29) is 11.7 Å². The number of amides is 1. The van der Waals surface area contributed by atoms with Crippen molar-refractivity contribution in [3.8, 4) is 0 Å². The number of ketones is 1. The van der Waals surface area contributed by atoms with Crippen molar-refractivity contribution < 1.29 is 9.59 Å². The Morgan fingerprint density at radius 2 is 2.05 bits per heavy atom. The van der Waals surface area contributed by atoms with Gasteiger partial charge in [0.25, 0.3) is 0 Å². The molecule has 4 heteroatoms. The number of anilines is 2. The fraction of sp³-hybridized carbons (Fsp3) is 0.125. The summed E-state index contributed by atoms with van der Waals surface area (Å²) >= 11 is 0. The summed E-state index contributed by atoms with van der Waals surface area (Å²) in [7, 11) is 0. The highest BCUT2D eigenvalue weighted by molar-refractivity contribution is 6.13. The van der Waals surface area contributed by atoms with Crippen molar-refractivity contribution in [2.24, 2.45) is 0 Å². The zero-order chi connectivity index (χ0) is 14.3. The summed E-state index contributed by atoms with van der Waals surface area (Å²) in [5.74, 6) is -0.150. The molecule has 0 aromatic heterocycles. The summed E-state index contributed by atoms with van der Waals surface area (Å²) in [4.78, 5) is 23.9. The largest absolute Gasteiger partial charge is 0.398 e. The molecule has 3 rings (SSSR count). The molecule has 3 N–H and O–H groups in total. The number of hydrogen-bond acceptors (Lipinski definition) is 3. The van der Waals surface area contributed by atoms with Gasteiger partial charge < -0.3 is 11.1 Å². The third kappa shape index (κ3) is 1.95. The molecule has 4 nitrogen and oxygen atoms in total. The maximum Gasteiger partial charge on any atom is 0.228 e. The highest BCUT2D eigenvalue weighted by Crippen LogP contribution is 2.27. The summed E-state index contributed by atoms with van der Waals surface area (Å²) in [5.41, 5.74) is 9.96. The zero-order valence-corrected chi connectivity index (χ0v) is 11.1. The molecular formula is C16H14N2O2. The highest BCUT2D eigenvalue weighted by atomic mass is 16.1. The normalized spacial score (nSPS) is 12.9. The molecule has 0 fully saturated rings. The quantitative estimate of drug-likeness (QED) is 0.647. The van der Waals surface area contributed by atoms with Crippen molar-refractivity contribution in [2.75, 3.05) is 11.1 Å². The Labute approximate surface area is 116 Å². The van der Waals surface area contributed by atoms with Crippen molar-refractivity contribution >= 4 is 23.1 Å². The number of aryl methyl sites for hydroxylation is 1. The Bertz CT molecular complexity index is 715. The van der Waals surface area contributed by atoms with Crippen LogP contribution in [-0.4, -0.2) is 11.7 Å². The van der Waals surface area contributed by atoms with Gasteiger partial charge in [-0.1, -0.05) is 12.1 Å². The van der Waals surface area contributed by atoms with Gasteiger partial charge in [0.2, 0.25) is 5.91 Å². The molecular weight excluding hydrogens is 252 g/mol. The molecule has 0 spiro atoms. The molecule has 1 amide bonds. The van der Waals surface area contributed by atoms with Crippen molar-refractivity contribution in [1.82, 2.24) is 0 Å². The van der Waals surface area contributed by atoms with Crippen LogP contribution in [0.15, 0.2) is 36.4 Å². The summed E-state index contributed by atoms with van der Waals surface area (Å²) in [5, 5.41) is 2.75. The Hall–Kier alpha value is -2.62. The van der Waals surface area contributed by atoms with Gasteiger partial charge in [0, 0.05) is 22.5 Å². The van der Waals surface area contributed by atoms with E-state index in [2.05, 4.69) is 5.32 Å². The van der Waals surface area contributed by atoms with Gasteiger partial charge in [0.1, 0.15) is 0 Å². The average molecular weight is 266 g/mol. The molecule has 0 saturated heterocycles. The minimum Gasteiger partial charge on any atom is -0.398 e. The second-order valence-corrected chi connectivity index (χ2v) is 4.97. The van der Waals surface area contributed by atoms with Crippen LogP contribution in [0.25, 0.3) is 0 Å². The first-order chi connectivity index (χ1) is 9.56. The zero-order valence-electron chi connectivity index (χ0n) is 11.1. The van der Waals surface area contributed by atoms with Crippen molar-refractivity contribution in [2.45, 2.75) is 13.3 Å². The van der Waals surface area contributed by atoms with Gasteiger partial charge in [-0.2, -0.15) is 0 Å². The van der Waals surface area contributed by atoms with E-state index in [0.29, 0.717) is 23.2 Å². The van der Waals surface area contributed by atoms with Crippen molar-refractivity contribution in [3.63, 3.8) is 0 Å². The van der Waals surface area contributed by atoms with Crippen LogP contribution >= 0.6 is 0 Å². The molecule has 1 heterocycles. The third-order valence-corrected chi connectivity index (χ3v) is 3.52. The standard InChI is InChI=1S/C16H14N2O2/c1-9-3-2-4-12(17)15(9)16(20)10-5-6-13-11(7-10)8-14(19)18-13/h2-7H,8,17H2,1H3,(H,18,19). The van der Waals surface area contributed by atoms with E-state index in [9.17, 15) is 9.59 Å². The summed E-state index contributed by atoms with van der Waals surface area (Å²) in [6, 6.07) is 10.7. The van der Waals surface area contributed by atoms with E-state index in [0.717, 1.165) is 16.8 Å². The van der Waals surface area contributed by atoms with Gasteiger partial charge in [0.05, 0.1) is 6.42 Å². The molecule has 2 aromatic carbocycles. The van der Waals surface area contributed by atoms with Gasteiger partial charge in [-0.15, -0.1) is 0 Å². The first-order valence-corrected chi connectivity index (χ1v) is 6.39. The van der Waals surface area contributed by atoms with E-state index in [1.54, 1.807) is 24.3 Å². The van der Waals surface area contributed by atoms with Gasteiger partial charge >= 0.3 is 0 Å². The number of hydrogen-bond donors (Lipinski definition) is 2. The summed E-state index contributed by atoms with van der Waals surface area (Å²) in [6.45, 7) is 1.86. The molecule has 0 aliphatic carbocycles. The number of nitrogen functional groups attached to an aromatic ring is 1. The number of benzene rings is 2. The SMILES string of the molecule is Cc1cccc(N)c1C(=O)c1ccc2c(c1)CC(=O)N2. The lowest BCUT2D eigenvalue weighted by atomic mass is 9.96. The van der Waals surface area contributed by atoms with E-state index in [4.69, 9.17) is 5.73 Å². The Morgan fingerprint density at radius 1 is 1.25 bits per heavy atom. The van der Waals surface area contributed by atoms with Crippen LogP contribution in [0, 0.1) is 6.92 Å². The number of fused-ring (bicyclic) bond motifs is 1. The molecule has 0 saturated carbocycles.